The van der Waals surface area contributed by atoms with Crippen LogP contribution in [0.2, 0.25) is 0 Å². The number of fused-ring (bicyclic) bond motifs is 1. The third-order valence-corrected chi connectivity index (χ3v) is 2.74. The van der Waals surface area contributed by atoms with Crippen molar-refractivity contribution in [1.29, 1.82) is 0 Å². The average molecular weight is 164 g/mol. The van der Waals surface area contributed by atoms with Crippen LogP contribution < -0.4 is 0 Å². The Morgan fingerprint density at radius 3 is 3.00 bits per heavy atom. The van der Waals surface area contributed by atoms with Gasteiger partial charge in [-0.3, -0.25) is 0 Å². The molecule has 0 saturated carbocycles. The Morgan fingerprint density at radius 2 is 2.18 bits per heavy atom. The van der Waals surface area contributed by atoms with Crippen LogP contribution in [-0.2, 0) is 6.61 Å². The number of hydrogen-bond donors (Lipinski definition) is 1. The first-order valence-corrected chi connectivity index (χ1v) is 4.36. The van der Waals surface area contributed by atoms with Crippen LogP contribution in [0.1, 0.15) is 5.56 Å². The van der Waals surface area contributed by atoms with Crippen molar-refractivity contribution in [2.75, 3.05) is 0 Å². The summed E-state index contributed by atoms with van der Waals surface area (Å²) >= 11 is 1.68. The van der Waals surface area contributed by atoms with Crippen LogP contribution in [0.3, 0.4) is 0 Å². The first-order chi connectivity index (χ1) is 5.42. The summed E-state index contributed by atoms with van der Waals surface area (Å²) in [4.78, 5) is 0. The summed E-state index contributed by atoms with van der Waals surface area (Å²) in [5.74, 6) is 0. The zero-order chi connectivity index (χ0) is 7.68. The largest absolute Gasteiger partial charge is 0.392 e. The molecule has 0 unspecified atom stereocenters. The molecule has 0 aliphatic carbocycles. The third kappa shape index (κ3) is 1.04. The molecule has 0 bridgehead atoms. The average Bonchev–Trinajstić information content (AvgIpc) is 2.50. The fourth-order valence-electron chi connectivity index (χ4n) is 1.18. The van der Waals surface area contributed by atoms with E-state index >= 15 is 0 Å². The molecule has 56 valence electrons. The van der Waals surface area contributed by atoms with E-state index < -0.39 is 0 Å². The van der Waals surface area contributed by atoms with Crippen molar-refractivity contribution in [1.82, 2.24) is 0 Å². The summed E-state index contributed by atoms with van der Waals surface area (Å²) in [6, 6.07) is 8.06. The van der Waals surface area contributed by atoms with E-state index in [0.717, 1.165) is 5.56 Å². The molecule has 0 aliphatic heterocycles. The number of rotatable bonds is 1. The van der Waals surface area contributed by atoms with Crippen molar-refractivity contribution >= 4 is 21.4 Å². The molecule has 1 aromatic carbocycles. The Morgan fingerprint density at radius 1 is 1.27 bits per heavy atom. The minimum Gasteiger partial charge on any atom is -0.392 e. The topological polar surface area (TPSA) is 20.2 Å². The van der Waals surface area contributed by atoms with Crippen molar-refractivity contribution < 1.29 is 5.11 Å². The zero-order valence-corrected chi connectivity index (χ0v) is 6.77. The highest BCUT2D eigenvalue weighted by Gasteiger charge is 1.98. The summed E-state index contributed by atoms with van der Waals surface area (Å²) < 4.78 is 1.20. The van der Waals surface area contributed by atoms with E-state index in [1.54, 1.807) is 11.3 Å². The van der Waals surface area contributed by atoms with Crippen LogP contribution in [-0.4, -0.2) is 5.11 Å². The predicted molar refractivity (Wildman–Crippen MR) is 47.7 cm³/mol. The standard InChI is InChI=1S/C9H8OS/c10-6-8-3-1-2-7-4-5-11-9(7)8/h1-5,10H,6H2. The Hall–Kier alpha value is -0.860. The van der Waals surface area contributed by atoms with Crippen molar-refractivity contribution in [3.63, 3.8) is 0 Å². The first kappa shape index (κ1) is 6.83. The molecule has 0 spiro atoms. The van der Waals surface area contributed by atoms with Gasteiger partial charge in [-0.1, -0.05) is 18.2 Å². The molecule has 11 heavy (non-hydrogen) atoms. The predicted octanol–water partition coefficient (Wildman–Crippen LogP) is 2.39. The molecule has 1 N–H and O–H groups in total. The SMILES string of the molecule is OCc1cccc2ccsc12. The van der Waals surface area contributed by atoms with Crippen LogP contribution in [0.15, 0.2) is 29.6 Å². The van der Waals surface area contributed by atoms with Gasteiger partial charge < -0.3 is 5.11 Å². The van der Waals surface area contributed by atoms with Crippen LogP contribution in [0, 0.1) is 0 Å². The molecule has 1 nitrogen and oxygen atoms in total. The molecule has 2 heteroatoms. The van der Waals surface area contributed by atoms with E-state index in [2.05, 4.69) is 12.1 Å². The maximum Gasteiger partial charge on any atom is 0.0695 e. The number of aliphatic hydroxyl groups excluding tert-OH is 1. The quantitative estimate of drug-likeness (QED) is 0.686. The lowest BCUT2D eigenvalue weighted by molar-refractivity contribution is 0.283. The molecule has 2 rings (SSSR count). The summed E-state index contributed by atoms with van der Waals surface area (Å²) in [7, 11) is 0. The number of thiophene rings is 1. The maximum atomic E-state index is 8.96. The fourth-order valence-corrected chi connectivity index (χ4v) is 2.09. The summed E-state index contributed by atoms with van der Waals surface area (Å²) in [5.41, 5.74) is 1.03. The van der Waals surface area contributed by atoms with Crippen molar-refractivity contribution in [2.45, 2.75) is 6.61 Å². The Kier molecular flexibility index (Phi) is 1.64. The molecule has 0 radical (unpaired) electrons. The summed E-state index contributed by atoms with van der Waals surface area (Å²) in [5, 5.41) is 12.2. The number of aliphatic hydroxyl groups is 1. The number of hydrogen-bond acceptors (Lipinski definition) is 2. The fraction of sp³-hybridized carbons (Fsp3) is 0.111. The lowest BCUT2D eigenvalue weighted by Gasteiger charge is -1.95. The van der Waals surface area contributed by atoms with E-state index in [9.17, 15) is 0 Å². The van der Waals surface area contributed by atoms with Gasteiger partial charge in [0, 0.05) is 4.70 Å². The van der Waals surface area contributed by atoms with Gasteiger partial charge in [0.1, 0.15) is 0 Å². The molecule has 1 aromatic heterocycles. The Bertz CT molecular complexity index is 364. The first-order valence-electron chi connectivity index (χ1n) is 3.48. The molecule has 0 atom stereocenters. The Labute approximate surface area is 68.9 Å². The lowest BCUT2D eigenvalue weighted by Crippen LogP contribution is -1.80. The van der Waals surface area contributed by atoms with Crippen LogP contribution in [0.4, 0.5) is 0 Å². The molecule has 0 amide bonds. The van der Waals surface area contributed by atoms with E-state index in [-0.39, 0.29) is 6.61 Å². The van der Waals surface area contributed by atoms with E-state index in [1.807, 2.05) is 17.5 Å². The van der Waals surface area contributed by atoms with Gasteiger partial charge in [-0.05, 0) is 22.4 Å². The van der Waals surface area contributed by atoms with Crippen LogP contribution in [0.25, 0.3) is 10.1 Å². The third-order valence-electron chi connectivity index (χ3n) is 1.73. The zero-order valence-electron chi connectivity index (χ0n) is 5.95. The second kappa shape index (κ2) is 2.64. The van der Waals surface area contributed by atoms with Gasteiger partial charge in [0.05, 0.1) is 6.61 Å². The monoisotopic (exact) mass is 164 g/mol. The van der Waals surface area contributed by atoms with Gasteiger partial charge in [-0.2, -0.15) is 0 Å². The minimum atomic E-state index is 0.137. The highest BCUT2D eigenvalue weighted by molar-refractivity contribution is 7.17. The maximum absolute atomic E-state index is 8.96. The highest BCUT2D eigenvalue weighted by Crippen LogP contribution is 2.24. The minimum absolute atomic E-state index is 0.137. The van der Waals surface area contributed by atoms with Crippen LogP contribution in [0.5, 0.6) is 0 Å². The van der Waals surface area contributed by atoms with Gasteiger partial charge in [-0.25, -0.2) is 0 Å². The molecule has 0 saturated heterocycles. The lowest BCUT2D eigenvalue weighted by atomic mass is 10.2. The molecule has 1 heterocycles. The van der Waals surface area contributed by atoms with E-state index in [0.29, 0.717) is 0 Å². The smallest absolute Gasteiger partial charge is 0.0695 e. The van der Waals surface area contributed by atoms with Gasteiger partial charge in [0.2, 0.25) is 0 Å². The van der Waals surface area contributed by atoms with E-state index in [4.69, 9.17) is 5.11 Å². The normalized spacial score (nSPS) is 10.6. The second-order valence-electron chi connectivity index (χ2n) is 2.41. The Balaban J connectivity index is 2.79. The molecule has 0 aliphatic rings. The van der Waals surface area contributed by atoms with Gasteiger partial charge >= 0.3 is 0 Å². The van der Waals surface area contributed by atoms with Gasteiger partial charge in [0.15, 0.2) is 0 Å². The van der Waals surface area contributed by atoms with Gasteiger partial charge in [0.25, 0.3) is 0 Å². The molecular formula is C9H8OS. The van der Waals surface area contributed by atoms with E-state index in [1.165, 1.54) is 10.1 Å². The number of benzene rings is 1. The summed E-state index contributed by atoms with van der Waals surface area (Å²) in [6.07, 6.45) is 0. The van der Waals surface area contributed by atoms with Crippen molar-refractivity contribution in [3.05, 3.63) is 35.2 Å². The van der Waals surface area contributed by atoms with Crippen molar-refractivity contribution in [2.24, 2.45) is 0 Å². The highest BCUT2D eigenvalue weighted by atomic mass is 32.1. The van der Waals surface area contributed by atoms with Crippen molar-refractivity contribution in [3.8, 4) is 0 Å². The second-order valence-corrected chi connectivity index (χ2v) is 3.33. The molecule has 0 fully saturated rings. The molecular weight excluding hydrogens is 156 g/mol. The molecule has 2 aromatic rings. The van der Waals surface area contributed by atoms with Gasteiger partial charge in [-0.15, -0.1) is 11.3 Å². The van der Waals surface area contributed by atoms with Crippen LogP contribution >= 0.6 is 11.3 Å². The summed E-state index contributed by atoms with van der Waals surface area (Å²) in [6.45, 7) is 0.137.